The Kier molecular flexibility index (Phi) is 5.30. The number of hydrogen-bond acceptors (Lipinski definition) is 5. The van der Waals surface area contributed by atoms with Gasteiger partial charge in [0.05, 0.1) is 5.56 Å². The molecule has 0 aromatic heterocycles. The van der Waals surface area contributed by atoms with E-state index in [1.165, 1.54) is 12.1 Å². The van der Waals surface area contributed by atoms with Crippen molar-refractivity contribution in [1.29, 1.82) is 0 Å². The predicted octanol–water partition coefficient (Wildman–Crippen LogP) is 1.83. The third kappa shape index (κ3) is 5.16. The van der Waals surface area contributed by atoms with E-state index < -0.39 is 24.5 Å². The molecule has 0 radical (unpaired) electrons. The molecule has 2 aromatic rings. The fraction of sp³-hybridized carbons (Fsp3) is 0.0625. The maximum atomic E-state index is 11.9. The lowest BCUT2D eigenvalue weighted by molar-refractivity contribution is -0.123. The van der Waals surface area contributed by atoms with Crippen molar-refractivity contribution in [3.63, 3.8) is 0 Å². The van der Waals surface area contributed by atoms with Crippen LogP contribution in [0.3, 0.4) is 0 Å². The molecule has 118 valence electrons. The summed E-state index contributed by atoms with van der Waals surface area (Å²) in [5.41, 5.74) is 4.99. The van der Waals surface area contributed by atoms with Gasteiger partial charge in [0.15, 0.2) is 6.61 Å². The second-order valence-electron chi connectivity index (χ2n) is 4.43. The number of rotatable bonds is 5. The second-order valence-corrected chi connectivity index (χ2v) is 4.43. The largest absolute Gasteiger partial charge is 0.457 e. The van der Waals surface area contributed by atoms with E-state index in [9.17, 15) is 14.4 Å². The molecular formula is C16H14N2O5. The van der Waals surface area contributed by atoms with Crippen LogP contribution in [0.5, 0.6) is 11.5 Å². The van der Waals surface area contributed by atoms with Gasteiger partial charge in [0, 0.05) is 0 Å². The zero-order valence-corrected chi connectivity index (χ0v) is 12.0. The topological polar surface area (TPSA) is 108 Å². The van der Waals surface area contributed by atoms with Crippen molar-refractivity contribution in [2.75, 3.05) is 6.61 Å². The molecule has 0 fully saturated rings. The van der Waals surface area contributed by atoms with Crippen LogP contribution in [0, 0.1) is 0 Å². The maximum Gasteiger partial charge on any atom is 0.338 e. The lowest BCUT2D eigenvalue weighted by atomic mass is 10.2. The van der Waals surface area contributed by atoms with Gasteiger partial charge in [-0.05, 0) is 30.3 Å². The van der Waals surface area contributed by atoms with Crippen LogP contribution in [0.25, 0.3) is 0 Å². The van der Waals surface area contributed by atoms with Gasteiger partial charge in [-0.2, -0.15) is 0 Å². The highest BCUT2D eigenvalue weighted by atomic mass is 16.5. The SMILES string of the molecule is NC(=O)NC(=O)COC(=O)c1cccc(Oc2ccccc2)c1. The smallest absolute Gasteiger partial charge is 0.338 e. The van der Waals surface area contributed by atoms with E-state index in [0.29, 0.717) is 11.5 Å². The summed E-state index contributed by atoms with van der Waals surface area (Å²) in [7, 11) is 0. The van der Waals surface area contributed by atoms with Gasteiger partial charge in [0.1, 0.15) is 11.5 Å². The van der Waals surface area contributed by atoms with Crippen molar-refractivity contribution in [3.8, 4) is 11.5 Å². The normalized spacial score (nSPS) is 9.74. The van der Waals surface area contributed by atoms with Crippen LogP contribution in [0.4, 0.5) is 4.79 Å². The minimum atomic E-state index is -1.01. The number of primary amides is 1. The number of nitrogens with one attached hydrogen (secondary N) is 1. The average Bonchev–Trinajstić information content (AvgIpc) is 2.53. The number of carbonyl (C=O) groups is 3. The second kappa shape index (κ2) is 7.60. The molecule has 0 aliphatic heterocycles. The first-order valence-electron chi connectivity index (χ1n) is 6.64. The van der Waals surface area contributed by atoms with E-state index in [1.807, 2.05) is 18.2 Å². The summed E-state index contributed by atoms with van der Waals surface area (Å²) in [4.78, 5) is 33.5. The van der Waals surface area contributed by atoms with Gasteiger partial charge in [-0.15, -0.1) is 0 Å². The summed E-state index contributed by atoms with van der Waals surface area (Å²) < 4.78 is 10.4. The van der Waals surface area contributed by atoms with Gasteiger partial charge in [0.2, 0.25) is 0 Å². The number of carbonyl (C=O) groups excluding carboxylic acids is 3. The van der Waals surface area contributed by atoms with E-state index in [1.54, 1.807) is 29.6 Å². The molecular weight excluding hydrogens is 300 g/mol. The van der Waals surface area contributed by atoms with Crippen molar-refractivity contribution in [2.24, 2.45) is 5.73 Å². The van der Waals surface area contributed by atoms with Crippen molar-refractivity contribution in [2.45, 2.75) is 0 Å². The molecule has 0 saturated heterocycles. The highest BCUT2D eigenvalue weighted by Crippen LogP contribution is 2.22. The predicted molar refractivity (Wildman–Crippen MR) is 81.0 cm³/mol. The molecule has 0 unspecified atom stereocenters. The average molecular weight is 314 g/mol. The van der Waals surface area contributed by atoms with Crippen LogP contribution in [0.2, 0.25) is 0 Å². The molecule has 0 atom stereocenters. The van der Waals surface area contributed by atoms with E-state index in [4.69, 9.17) is 15.2 Å². The Balaban J connectivity index is 1.97. The standard InChI is InChI=1S/C16H14N2O5/c17-16(21)18-14(19)10-22-15(20)11-5-4-8-13(9-11)23-12-6-2-1-3-7-12/h1-9H,10H2,(H3,17,18,19,21). The number of hydrogen-bond donors (Lipinski definition) is 2. The van der Waals surface area contributed by atoms with Crippen molar-refractivity contribution in [3.05, 3.63) is 60.2 Å². The van der Waals surface area contributed by atoms with Crippen LogP contribution in [-0.2, 0) is 9.53 Å². The summed E-state index contributed by atoms with van der Waals surface area (Å²) >= 11 is 0. The highest BCUT2D eigenvalue weighted by molar-refractivity contribution is 5.96. The van der Waals surface area contributed by atoms with Crippen LogP contribution in [-0.4, -0.2) is 24.5 Å². The molecule has 23 heavy (non-hydrogen) atoms. The third-order valence-corrected chi connectivity index (χ3v) is 2.65. The van der Waals surface area contributed by atoms with E-state index in [2.05, 4.69) is 0 Å². The summed E-state index contributed by atoms with van der Waals surface area (Å²) in [6.07, 6.45) is 0. The first-order chi connectivity index (χ1) is 11.0. The van der Waals surface area contributed by atoms with Crippen molar-refractivity contribution in [1.82, 2.24) is 5.32 Å². The molecule has 7 nitrogen and oxygen atoms in total. The molecule has 0 saturated carbocycles. The number of esters is 1. The van der Waals surface area contributed by atoms with Gasteiger partial charge in [-0.25, -0.2) is 9.59 Å². The molecule has 3 N–H and O–H groups in total. The molecule has 2 aromatic carbocycles. The fourth-order valence-electron chi connectivity index (χ4n) is 1.70. The summed E-state index contributed by atoms with van der Waals surface area (Å²) in [6, 6.07) is 14.4. The van der Waals surface area contributed by atoms with Crippen molar-refractivity contribution < 1.29 is 23.9 Å². The fourth-order valence-corrected chi connectivity index (χ4v) is 1.70. The van der Waals surface area contributed by atoms with Crippen LogP contribution < -0.4 is 15.8 Å². The number of amides is 3. The maximum absolute atomic E-state index is 11.9. The Labute approximate surface area is 132 Å². The molecule has 0 aliphatic rings. The number of urea groups is 1. The van der Waals surface area contributed by atoms with Gasteiger partial charge < -0.3 is 15.2 Å². The zero-order chi connectivity index (χ0) is 16.7. The monoisotopic (exact) mass is 314 g/mol. The third-order valence-electron chi connectivity index (χ3n) is 2.65. The van der Waals surface area contributed by atoms with E-state index >= 15 is 0 Å². The Hall–Kier alpha value is -3.35. The molecule has 0 spiro atoms. The summed E-state index contributed by atoms with van der Waals surface area (Å²) in [5, 5.41) is 1.79. The van der Waals surface area contributed by atoms with Crippen molar-refractivity contribution >= 4 is 17.9 Å². The summed E-state index contributed by atoms with van der Waals surface area (Å²) in [6.45, 7) is -0.606. The number of ether oxygens (including phenoxy) is 2. The molecule has 7 heteroatoms. The lowest BCUT2D eigenvalue weighted by Crippen LogP contribution is -2.37. The molecule has 0 aliphatic carbocycles. The van der Waals surface area contributed by atoms with Gasteiger partial charge >= 0.3 is 12.0 Å². The molecule has 2 rings (SSSR count). The Morgan fingerprint density at radius 2 is 1.65 bits per heavy atom. The Morgan fingerprint density at radius 1 is 0.957 bits per heavy atom. The Morgan fingerprint density at radius 3 is 2.35 bits per heavy atom. The minimum absolute atomic E-state index is 0.213. The minimum Gasteiger partial charge on any atom is -0.457 e. The van der Waals surface area contributed by atoms with E-state index in [0.717, 1.165) is 0 Å². The lowest BCUT2D eigenvalue weighted by Gasteiger charge is -2.08. The van der Waals surface area contributed by atoms with Crippen LogP contribution in [0.15, 0.2) is 54.6 Å². The number of nitrogens with two attached hydrogens (primary N) is 1. The number of para-hydroxylation sites is 1. The molecule has 3 amide bonds. The molecule has 0 bridgehead atoms. The first kappa shape index (κ1) is 16.0. The van der Waals surface area contributed by atoms with E-state index in [-0.39, 0.29) is 5.56 Å². The van der Waals surface area contributed by atoms with Crippen LogP contribution >= 0.6 is 0 Å². The van der Waals surface area contributed by atoms with Crippen LogP contribution in [0.1, 0.15) is 10.4 Å². The number of benzene rings is 2. The van der Waals surface area contributed by atoms with Gasteiger partial charge in [-0.1, -0.05) is 24.3 Å². The zero-order valence-electron chi connectivity index (χ0n) is 12.0. The first-order valence-corrected chi connectivity index (χ1v) is 6.64. The van der Waals surface area contributed by atoms with Gasteiger partial charge in [-0.3, -0.25) is 10.1 Å². The Bertz CT molecular complexity index is 715. The quantitative estimate of drug-likeness (QED) is 0.819. The molecule has 0 heterocycles. The van der Waals surface area contributed by atoms with Gasteiger partial charge in [0.25, 0.3) is 5.91 Å². The highest BCUT2D eigenvalue weighted by Gasteiger charge is 2.12. The number of imide groups is 1. The summed E-state index contributed by atoms with van der Waals surface area (Å²) in [5.74, 6) is -0.447.